The largest absolute Gasteiger partial charge is 0.454 e. The fourth-order valence-electron chi connectivity index (χ4n) is 1.74. The molecule has 58 valence electrons. The van der Waals surface area contributed by atoms with Gasteiger partial charge in [-0.15, -0.1) is 0 Å². The molecule has 3 heteroatoms. The van der Waals surface area contributed by atoms with Crippen LogP contribution in [0.2, 0.25) is 5.82 Å². The van der Waals surface area contributed by atoms with E-state index in [1.165, 1.54) is 0 Å². The Balaban J connectivity index is 2.43. The van der Waals surface area contributed by atoms with Crippen molar-refractivity contribution in [1.29, 1.82) is 0 Å². The van der Waals surface area contributed by atoms with E-state index in [9.17, 15) is 0 Å². The standard InChI is InChI=1S/C7H15BO2/c1-7(2)4-3-6(5-7)8(9)10/h6,9-10H,3-5H2,1-2H3. The van der Waals surface area contributed by atoms with Crippen LogP contribution in [0.4, 0.5) is 0 Å². The average molecular weight is 142 g/mol. The highest BCUT2D eigenvalue weighted by Crippen LogP contribution is 2.44. The van der Waals surface area contributed by atoms with Crippen LogP contribution < -0.4 is 0 Å². The lowest BCUT2D eigenvalue weighted by Crippen LogP contribution is -2.18. The maximum Gasteiger partial charge on any atom is 0.454 e. The Bertz CT molecular complexity index is 123. The molecule has 2 nitrogen and oxygen atoms in total. The van der Waals surface area contributed by atoms with Gasteiger partial charge in [-0.05, 0) is 24.1 Å². The van der Waals surface area contributed by atoms with Gasteiger partial charge in [0.2, 0.25) is 0 Å². The van der Waals surface area contributed by atoms with Crippen LogP contribution in [0.25, 0.3) is 0 Å². The summed E-state index contributed by atoms with van der Waals surface area (Å²) in [6.45, 7) is 4.35. The molecule has 0 spiro atoms. The van der Waals surface area contributed by atoms with Gasteiger partial charge < -0.3 is 10.0 Å². The molecule has 1 fully saturated rings. The second-order valence-corrected chi connectivity index (χ2v) is 4.08. The zero-order valence-electron chi connectivity index (χ0n) is 6.67. The maximum absolute atomic E-state index is 8.84. The van der Waals surface area contributed by atoms with E-state index in [4.69, 9.17) is 10.0 Å². The molecule has 0 saturated heterocycles. The fraction of sp³-hybridized carbons (Fsp3) is 1.00. The Morgan fingerprint density at radius 2 is 2.00 bits per heavy atom. The van der Waals surface area contributed by atoms with Crippen molar-refractivity contribution in [1.82, 2.24) is 0 Å². The lowest BCUT2D eigenvalue weighted by molar-refractivity contribution is 0.355. The molecule has 1 saturated carbocycles. The average Bonchev–Trinajstić information content (AvgIpc) is 2.10. The highest BCUT2D eigenvalue weighted by atomic mass is 16.4. The topological polar surface area (TPSA) is 40.5 Å². The van der Waals surface area contributed by atoms with Crippen LogP contribution in [-0.2, 0) is 0 Å². The van der Waals surface area contributed by atoms with Crippen molar-refractivity contribution in [3.8, 4) is 0 Å². The van der Waals surface area contributed by atoms with Crippen LogP contribution in [0.5, 0.6) is 0 Å². The quantitative estimate of drug-likeness (QED) is 0.537. The molecule has 10 heavy (non-hydrogen) atoms. The van der Waals surface area contributed by atoms with Crippen LogP contribution in [0.15, 0.2) is 0 Å². The highest BCUT2D eigenvalue weighted by Gasteiger charge is 2.36. The molecule has 0 aliphatic heterocycles. The van der Waals surface area contributed by atoms with Crippen molar-refractivity contribution in [3.05, 3.63) is 0 Å². The van der Waals surface area contributed by atoms with E-state index >= 15 is 0 Å². The summed E-state index contributed by atoms with van der Waals surface area (Å²) in [5.74, 6) is 0.120. The Morgan fingerprint density at radius 1 is 1.40 bits per heavy atom. The molecule has 1 atom stereocenters. The summed E-state index contributed by atoms with van der Waals surface area (Å²) in [4.78, 5) is 0. The van der Waals surface area contributed by atoms with Gasteiger partial charge in [0.1, 0.15) is 0 Å². The van der Waals surface area contributed by atoms with E-state index in [0.29, 0.717) is 5.41 Å². The van der Waals surface area contributed by atoms with E-state index in [1.807, 2.05) is 0 Å². The van der Waals surface area contributed by atoms with Crippen molar-refractivity contribution in [2.24, 2.45) is 5.41 Å². The minimum Gasteiger partial charge on any atom is -0.427 e. The summed E-state index contributed by atoms with van der Waals surface area (Å²) < 4.78 is 0. The predicted molar refractivity (Wildman–Crippen MR) is 41.6 cm³/mol. The van der Waals surface area contributed by atoms with Gasteiger partial charge in [-0.3, -0.25) is 0 Å². The summed E-state index contributed by atoms with van der Waals surface area (Å²) in [5, 5.41) is 17.7. The summed E-state index contributed by atoms with van der Waals surface area (Å²) in [6, 6.07) is 0. The molecule has 1 rings (SSSR count). The van der Waals surface area contributed by atoms with Gasteiger partial charge in [0.25, 0.3) is 0 Å². The number of rotatable bonds is 1. The first kappa shape index (κ1) is 8.09. The molecular formula is C7H15BO2. The molecule has 0 aromatic carbocycles. The summed E-state index contributed by atoms with van der Waals surface area (Å²) in [6.07, 6.45) is 3.03. The van der Waals surface area contributed by atoms with Crippen molar-refractivity contribution in [2.45, 2.75) is 38.9 Å². The third kappa shape index (κ3) is 1.73. The SMILES string of the molecule is CC1(C)CCC(B(O)O)C1. The predicted octanol–water partition coefficient (Wildman–Crippen LogP) is 1.04. The van der Waals surface area contributed by atoms with E-state index in [1.54, 1.807) is 0 Å². The van der Waals surface area contributed by atoms with Crippen molar-refractivity contribution in [3.63, 3.8) is 0 Å². The molecular weight excluding hydrogens is 127 g/mol. The monoisotopic (exact) mass is 142 g/mol. The first-order valence-electron chi connectivity index (χ1n) is 3.87. The molecule has 0 amide bonds. The molecule has 0 radical (unpaired) electrons. The third-order valence-electron chi connectivity index (χ3n) is 2.43. The second-order valence-electron chi connectivity index (χ2n) is 4.08. The van der Waals surface area contributed by atoms with Gasteiger partial charge >= 0.3 is 7.12 Å². The van der Waals surface area contributed by atoms with E-state index in [2.05, 4.69) is 13.8 Å². The van der Waals surface area contributed by atoms with Gasteiger partial charge in [0.15, 0.2) is 0 Å². The molecule has 0 bridgehead atoms. The summed E-state index contributed by atoms with van der Waals surface area (Å²) in [7, 11) is -1.10. The molecule has 1 unspecified atom stereocenters. The lowest BCUT2D eigenvalue weighted by Gasteiger charge is -2.16. The van der Waals surface area contributed by atoms with Crippen LogP contribution in [0.1, 0.15) is 33.1 Å². The van der Waals surface area contributed by atoms with Crippen LogP contribution in [-0.4, -0.2) is 17.2 Å². The van der Waals surface area contributed by atoms with E-state index < -0.39 is 7.12 Å². The molecule has 0 heterocycles. The molecule has 2 N–H and O–H groups in total. The summed E-state index contributed by atoms with van der Waals surface area (Å²) >= 11 is 0. The highest BCUT2D eigenvalue weighted by molar-refractivity contribution is 6.43. The Hall–Kier alpha value is -0.0151. The smallest absolute Gasteiger partial charge is 0.427 e. The zero-order valence-corrected chi connectivity index (χ0v) is 6.67. The van der Waals surface area contributed by atoms with E-state index in [-0.39, 0.29) is 5.82 Å². The van der Waals surface area contributed by atoms with Gasteiger partial charge in [-0.1, -0.05) is 20.3 Å². The Labute approximate surface area is 62.4 Å². The number of hydrogen-bond donors (Lipinski definition) is 2. The Kier molecular flexibility index (Phi) is 2.06. The lowest BCUT2D eigenvalue weighted by atomic mass is 9.70. The maximum atomic E-state index is 8.84. The number of hydrogen-bond acceptors (Lipinski definition) is 2. The van der Waals surface area contributed by atoms with Gasteiger partial charge in [-0.2, -0.15) is 0 Å². The van der Waals surface area contributed by atoms with E-state index in [0.717, 1.165) is 19.3 Å². The second kappa shape index (κ2) is 2.55. The molecule has 1 aliphatic carbocycles. The molecule has 0 aromatic heterocycles. The first-order chi connectivity index (χ1) is 4.51. The van der Waals surface area contributed by atoms with Crippen LogP contribution >= 0.6 is 0 Å². The van der Waals surface area contributed by atoms with Crippen LogP contribution in [0, 0.1) is 5.41 Å². The normalized spacial score (nSPS) is 30.6. The zero-order chi connectivity index (χ0) is 7.78. The van der Waals surface area contributed by atoms with Gasteiger partial charge in [0.05, 0.1) is 0 Å². The van der Waals surface area contributed by atoms with Crippen molar-refractivity contribution >= 4 is 7.12 Å². The van der Waals surface area contributed by atoms with Gasteiger partial charge in [-0.25, -0.2) is 0 Å². The van der Waals surface area contributed by atoms with Crippen molar-refractivity contribution < 1.29 is 10.0 Å². The van der Waals surface area contributed by atoms with Crippen LogP contribution in [0.3, 0.4) is 0 Å². The van der Waals surface area contributed by atoms with Crippen molar-refractivity contribution in [2.75, 3.05) is 0 Å². The molecule has 0 aromatic rings. The Morgan fingerprint density at radius 3 is 2.20 bits per heavy atom. The molecule has 1 aliphatic rings. The van der Waals surface area contributed by atoms with Gasteiger partial charge in [0, 0.05) is 0 Å². The first-order valence-corrected chi connectivity index (χ1v) is 3.87. The third-order valence-corrected chi connectivity index (χ3v) is 2.43. The fourth-order valence-corrected chi connectivity index (χ4v) is 1.74. The minimum atomic E-state index is -1.10. The minimum absolute atomic E-state index is 0.120. The summed E-state index contributed by atoms with van der Waals surface area (Å²) in [5.41, 5.74) is 0.328.